The van der Waals surface area contributed by atoms with E-state index in [-0.39, 0.29) is 30.5 Å². The monoisotopic (exact) mass is 369 g/mol. The van der Waals surface area contributed by atoms with Crippen molar-refractivity contribution in [3.05, 3.63) is 36.5 Å². The van der Waals surface area contributed by atoms with Crippen LogP contribution >= 0.6 is 0 Å². The minimum atomic E-state index is -4.41. The fraction of sp³-hybridized carbons (Fsp3) is 0.500. The molecule has 0 radical (unpaired) electrons. The Labute approximate surface area is 147 Å². The predicted molar refractivity (Wildman–Crippen MR) is 84.1 cm³/mol. The second-order valence-electron chi connectivity index (χ2n) is 6.13. The highest BCUT2D eigenvalue weighted by Crippen LogP contribution is 2.30. The Bertz CT molecular complexity index is 710. The number of nitrogens with zero attached hydrogens (tertiary/aromatic N) is 4. The molecule has 0 bridgehead atoms. The van der Waals surface area contributed by atoms with Crippen LogP contribution in [0.3, 0.4) is 0 Å². The van der Waals surface area contributed by atoms with Gasteiger partial charge in [0.05, 0.1) is 5.56 Å². The Morgan fingerprint density at radius 3 is 2.62 bits per heavy atom. The SMILES string of the molecule is O=C(Cn1cncn1)NC1CCC(Oc2ccc(C(F)(F)F)cn2)CC1. The van der Waals surface area contributed by atoms with Gasteiger partial charge in [-0.05, 0) is 31.7 Å². The van der Waals surface area contributed by atoms with Gasteiger partial charge in [-0.3, -0.25) is 4.79 Å². The van der Waals surface area contributed by atoms with E-state index >= 15 is 0 Å². The predicted octanol–water partition coefficient (Wildman–Crippen LogP) is 2.20. The Balaban J connectivity index is 1.43. The Morgan fingerprint density at radius 2 is 2.04 bits per heavy atom. The van der Waals surface area contributed by atoms with Gasteiger partial charge in [0.1, 0.15) is 25.3 Å². The summed E-state index contributed by atoms with van der Waals surface area (Å²) in [7, 11) is 0. The molecule has 2 aromatic rings. The van der Waals surface area contributed by atoms with E-state index in [2.05, 4.69) is 20.4 Å². The van der Waals surface area contributed by atoms with Gasteiger partial charge in [0.2, 0.25) is 11.8 Å². The summed E-state index contributed by atoms with van der Waals surface area (Å²) in [6, 6.07) is 2.24. The molecule has 1 N–H and O–H groups in total. The number of hydrogen-bond donors (Lipinski definition) is 1. The van der Waals surface area contributed by atoms with Gasteiger partial charge in [-0.2, -0.15) is 18.3 Å². The van der Waals surface area contributed by atoms with Crippen molar-refractivity contribution >= 4 is 5.91 Å². The number of alkyl halides is 3. The molecule has 0 aliphatic heterocycles. The second kappa shape index (κ2) is 7.71. The molecule has 0 spiro atoms. The van der Waals surface area contributed by atoms with Gasteiger partial charge in [-0.1, -0.05) is 0 Å². The summed E-state index contributed by atoms with van der Waals surface area (Å²) in [6.07, 6.45) is 1.92. The number of carbonyl (C=O) groups is 1. The maximum atomic E-state index is 12.5. The van der Waals surface area contributed by atoms with Crippen LogP contribution in [-0.4, -0.2) is 37.8 Å². The lowest BCUT2D eigenvalue weighted by Gasteiger charge is -2.29. The molecule has 0 atom stereocenters. The summed E-state index contributed by atoms with van der Waals surface area (Å²) >= 11 is 0. The van der Waals surface area contributed by atoms with E-state index in [1.807, 2.05) is 0 Å². The highest BCUT2D eigenvalue weighted by atomic mass is 19.4. The van der Waals surface area contributed by atoms with E-state index < -0.39 is 11.7 Å². The number of halogens is 3. The zero-order valence-corrected chi connectivity index (χ0v) is 13.8. The molecule has 1 saturated carbocycles. The first-order valence-corrected chi connectivity index (χ1v) is 8.22. The Kier molecular flexibility index (Phi) is 5.38. The average molecular weight is 369 g/mol. The van der Waals surface area contributed by atoms with E-state index in [0.29, 0.717) is 12.8 Å². The molecule has 1 amide bonds. The lowest BCUT2D eigenvalue weighted by molar-refractivity contribution is -0.137. The van der Waals surface area contributed by atoms with Gasteiger partial charge >= 0.3 is 6.18 Å². The summed E-state index contributed by atoms with van der Waals surface area (Å²) in [5.41, 5.74) is -0.802. The van der Waals surface area contributed by atoms with Crippen molar-refractivity contribution in [2.75, 3.05) is 0 Å². The number of amides is 1. The molecule has 0 unspecified atom stereocenters. The van der Waals surface area contributed by atoms with E-state index in [1.54, 1.807) is 0 Å². The number of aromatic nitrogens is 4. The van der Waals surface area contributed by atoms with Gasteiger partial charge in [-0.15, -0.1) is 0 Å². The van der Waals surface area contributed by atoms with Crippen molar-refractivity contribution in [2.45, 2.75) is 50.6 Å². The molecule has 0 aromatic carbocycles. The molecule has 7 nitrogen and oxygen atoms in total. The molecule has 10 heteroatoms. The molecular weight excluding hydrogens is 351 g/mol. The van der Waals surface area contributed by atoms with Gasteiger partial charge in [0.25, 0.3) is 0 Å². The van der Waals surface area contributed by atoms with E-state index in [4.69, 9.17) is 4.74 Å². The second-order valence-corrected chi connectivity index (χ2v) is 6.13. The average Bonchev–Trinajstić information content (AvgIpc) is 3.09. The molecule has 2 aromatic heterocycles. The molecule has 1 aliphatic rings. The number of rotatable bonds is 5. The Hall–Kier alpha value is -2.65. The van der Waals surface area contributed by atoms with Gasteiger partial charge in [0.15, 0.2) is 0 Å². The number of carbonyl (C=O) groups excluding carboxylic acids is 1. The highest BCUT2D eigenvalue weighted by molar-refractivity contribution is 5.75. The van der Waals surface area contributed by atoms with Crippen LogP contribution in [0.4, 0.5) is 13.2 Å². The first-order valence-electron chi connectivity index (χ1n) is 8.22. The van der Waals surface area contributed by atoms with Crippen LogP contribution in [0.25, 0.3) is 0 Å². The van der Waals surface area contributed by atoms with Crippen LogP contribution in [0.5, 0.6) is 5.88 Å². The molecule has 1 fully saturated rings. The van der Waals surface area contributed by atoms with Gasteiger partial charge < -0.3 is 10.1 Å². The molecule has 2 heterocycles. The van der Waals surface area contributed by atoms with Crippen molar-refractivity contribution in [1.29, 1.82) is 0 Å². The minimum Gasteiger partial charge on any atom is -0.474 e. The van der Waals surface area contributed by atoms with Crippen molar-refractivity contribution in [3.8, 4) is 5.88 Å². The molecule has 140 valence electrons. The lowest BCUT2D eigenvalue weighted by atomic mass is 9.93. The van der Waals surface area contributed by atoms with Crippen LogP contribution in [0.15, 0.2) is 31.0 Å². The van der Waals surface area contributed by atoms with Crippen LogP contribution in [-0.2, 0) is 17.5 Å². The summed E-state index contributed by atoms with van der Waals surface area (Å²) in [4.78, 5) is 19.4. The molecule has 0 saturated heterocycles. The standard InChI is InChI=1S/C16H18F3N5O2/c17-16(18,19)11-1-6-15(21-7-11)26-13-4-2-12(3-5-13)23-14(25)8-24-10-20-9-22-24/h1,6-7,9-10,12-13H,2-5,8H2,(H,23,25). The van der Waals surface area contributed by atoms with Crippen LogP contribution < -0.4 is 10.1 Å². The maximum Gasteiger partial charge on any atom is 0.417 e. The quantitative estimate of drug-likeness (QED) is 0.874. The third-order valence-corrected chi connectivity index (χ3v) is 4.16. The van der Waals surface area contributed by atoms with Crippen LogP contribution in [0, 0.1) is 0 Å². The third kappa shape index (κ3) is 4.93. The van der Waals surface area contributed by atoms with E-state index in [0.717, 1.165) is 25.1 Å². The normalized spacial score (nSPS) is 20.6. The molecule has 26 heavy (non-hydrogen) atoms. The topological polar surface area (TPSA) is 81.9 Å². The first kappa shape index (κ1) is 18.2. The summed E-state index contributed by atoms with van der Waals surface area (Å²) in [5.74, 6) is 0.0425. The van der Waals surface area contributed by atoms with Gasteiger partial charge in [0, 0.05) is 18.3 Å². The fourth-order valence-corrected chi connectivity index (χ4v) is 2.85. The van der Waals surface area contributed by atoms with E-state index in [9.17, 15) is 18.0 Å². The third-order valence-electron chi connectivity index (χ3n) is 4.16. The smallest absolute Gasteiger partial charge is 0.417 e. The fourth-order valence-electron chi connectivity index (χ4n) is 2.85. The number of nitrogens with one attached hydrogen (secondary N) is 1. The molecule has 1 aliphatic carbocycles. The highest BCUT2D eigenvalue weighted by Gasteiger charge is 2.31. The zero-order valence-electron chi connectivity index (χ0n) is 13.8. The zero-order chi connectivity index (χ0) is 18.6. The van der Waals surface area contributed by atoms with Crippen molar-refractivity contribution in [3.63, 3.8) is 0 Å². The number of hydrogen-bond acceptors (Lipinski definition) is 5. The van der Waals surface area contributed by atoms with Crippen molar-refractivity contribution in [2.24, 2.45) is 0 Å². The lowest BCUT2D eigenvalue weighted by Crippen LogP contribution is -2.41. The summed E-state index contributed by atoms with van der Waals surface area (Å²) in [6.45, 7) is 0.117. The Morgan fingerprint density at radius 1 is 1.27 bits per heavy atom. The summed E-state index contributed by atoms with van der Waals surface area (Å²) < 4.78 is 44.7. The van der Waals surface area contributed by atoms with Crippen molar-refractivity contribution < 1.29 is 22.7 Å². The maximum absolute atomic E-state index is 12.5. The summed E-state index contributed by atoms with van der Waals surface area (Å²) in [5, 5.41) is 6.82. The van der Waals surface area contributed by atoms with Crippen LogP contribution in [0.2, 0.25) is 0 Å². The largest absolute Gasteiger partial charge is 0.474 e. The van der Waals surface area contributed by atoms with Crippen LogP contribution in [0.1, 0.15) is 31.2 Å². The first-order chi connectivity index (χ1) is 12.4. The number of pyridine rings is 1. The van der Waals surface area contributed by atoms with Gasteiger partial charge in [-0.25, -0.2) is 14.6 Å². The molecule has 3 rings (SSSR count). The number of ether oxygens (including phenoxy) is 1. The van der Waals surface area contributed by atoms with Crippen molar-refractivity contribution in [1.82, 2.24) is 25.1 Å². The van der Waals surface area contributed by atoms with E-state index in [1.165, 1.54) is 23.4 Å². The minimum absolute atomic E-state index is 0.0476. The molecular formula is C16H18F3N5O2.